The van der Waals surface area contributed by atoms with E-state index in [1.54, 1.807) is 7.11 Å². The lowest BCUT2D eigenvalue weighted by molar-refractivity contribution is 0.107. The molecule has 0 amide bonds. The van der Waals surface area contributed by atoms with Crippen molar-refractivity contribution in [2.45, 2.75) is 30.9 Å². The Bertz CT molecular complexity index is 174. The van der Waals surface area contributed by atoms with E-state index in [1.807, 2.05) is 0 Å². The first-order valence-electron chi connectivity index (χ1n) is 4.79. The molecule has 2 N–H and O–H groups in total. The summed E-state index contributed by atoms with van der Waals surface area (Å²) < 4.78 is 5.38. The predicted molar refractivity (Wildman–Crippen MR) is 48.0 cm³/mol. The van der Waals surface area contributed by atoms with Gasteiger partial charge in [0.1, 0.15) is 0 Å². The molecule has 3 nitrogen and oxygen atoms in total. The van der Waals surface area contributed by atoms with Crippen molar-refractivity contribution >= 4 is 0 Å². The van der Waals surface area contributed by atoms with Crippen molar-refractivity contribution in [1.82, 2.24) is 4.90 Å². The minimum atomic E-state index is 0.306. The van der Waals surface area contributed by atoms with Gasteiger partial charge in [-0.25, -0.2) is 0 Å². The van der Waals surface area contributed by atoms with E-state index in [2.05, 4.69) is 4.90 Å². The molecule has 2 aliphatic heterocycles. The van der Waals surface area contributed by atoms with Crippen LogP contribution in [0.15, 0.2) is 0 Å². The van der Waals surface area contributed by atoms with E-state index >= 15 is 0 Å². The van der Waals surface area contributed by atoms with Crippen molar-refractivity contribution < 1.29 is 4.74 Å². The molecule has 2 aliphatic rings. The Morgan fingerprint density at radius 3 is 3.08 bits per heavy atom. The van der Waals surface area contributed by atoms with Crippen molar-refractivity contribution in [3.05, 3.63) is 0 Å². The summed E-state index contributed by atoms with van der Waals surface area (Å²) >= 11 is 0. The van der Waals surface area contributed by atoms with Gasteiger partial charge in [0, 0.05) is 25.7 Å². The largest absolute Gasteiger partial charge is 0.380 e. The van der Waals surface area contributed by atoms with E-state index in [-0.39, 0.29) is 0 Å². The first kappa shape index (κ1) is 8.48. The Balaban J connectivity index is 2.09. The van der Waals surface area contributed by atoms with Crippen molar-refractivity contribution in [3.63, 3.8) is 0 Å². The highest BCUT2D eigenvalue weighted by Gasteiger charge is 2.47. The van der Waals surface area contributed by atoms with Gasteiger partial charge in [0.15, 0.2) is 0 Å². The van der Waals surface area contributed by atoms with Crippen molar-refractivity contribution in [3.8, 4) is 0 Å². The number of fused-ring (bicyclic) bond motifs is 1. The van der Waals surface area contributed by atoms with E-state index < -0.39 is 0 Å². The van der Waals surface area contributed by atoms with Gasteiger partial charge in [-0.3, -0.25) is 4.90 Å². The van der Waals surface area contributed by atoms with Crippen LogP contribution in [0.2, 0.25) is 0 Å². The lowest BCUT2D eigenvalue weighted by Crippen LogP contribution is -2.44. The highest BCUT2D eigenvalue weighted by molar-refractivity contribution is 5.04. The van der Waals surface area contributed by atoms with Crippen LogP contribution in [0.3, 0.4) is 0 Å². The van der Waals surface area contributed by atoms with Crippen LogP contribution in [0.1, 0.15) is 19.3 Å². The van der Waals surface area contributed by atoms with Crippen LogP contribution in [0, 0.1) is 0 Å². The molecule has 0 aromatic rings. The number of nitrogens with zero attached hydrogens (tertiary/aromatic N) is 1. The summed E-state index contributed by atoms with van der Waals surface area (Å²) in [5.74, 6) is 0. The Morgan fingerprint density at radius 2 is 2.50 bits per heavy atom. The molecule has 0 radical (unpaired) electrons. The number of hydrogen-bond donors (Lipinski definition) is 1. The maximum absolute atomic E-state index is 5.83. The molecule has 3 heteroatoms. The predicted octanol–water partition coefficient (Wildman–Crippen LogP) is 0.198. The molecule has 0 bridgehead atoms. The molecule has 0 aromatic carbocycles. The average Bonchev–Trinajstić information content (AvgIpc) is 2.58. The van der Waals surface area contributed by atoms with Crippen LogP contribution >= 0.6 is 0 Å². The molecular formula is C9H18N2O. The number of hydrogen-bond acceptors (Lipinski definition) is 3. The first-order valence-corrected chi connectivity index (χ1v) is 4.79. The summed E-state index contributed by atoms with van der Waals surface area (Å²) in [6.07, 6.45) is 4.14. The first-order chi connectivity index (χ1) is 5.80. The van der Waals surface area contributed by atoms with E-state index in [1.165, 1.54) is 19.4 Å². The van der Waals surface area contributed by atoms with E-state index in [0.29, 0.717) is 11.6 Å². The molecule has 70 valence electrons. The van der Waals surface area contributed by atoms with Gasteiger partial charge in [-0.05, 0) is 25.8 Å². The molecule has 2 heterocycles. The second-order valence-corrected chi connectivity index (χ2v) is 4.04. The summed E-state index contributed by atoms with van der Waals surface area (Å²) in [7, 11) is 1.80. The molecule has 0 spiro atoms. The number of nitrogens with two attached hydrogens (primary N) is 1. The maximum atomic E-state index is 5.83. The molecule has 12 heavy (non-hydrogen) atoms. The van der Waals surface area contributed by atoms with Crippen LogP contribution in [0.5, 0.6) is 0 Å². The highest BCUT2D eigenvalue weighted by Crippen LogP contribution is 2.38. The van der Waals surface area contributed by atoms with Gasteiger partial charge in [-0.2, -0.15) is 0 Å². The van der Waals surface area contributed by atoms with Crippen LogP contribution in [-0.4, -0.2) is 43.3 Å². The second kappa shape index (κ2) is 2.98. The van der Waals surface area contributed by atoms with Crippen molar-refractivity contribution in [1.29, 1.82) is 0 Å². The van der Waals surface area contributed by atoms with Gasteiger partial charge in [-0.15, -0.1) is 0 Å². The zero-order chi connectivity index (χ0) is 8.60. The molecule has 0 saturated carbocycles. The van der Waals surface area contributed by atoms with Crippen LogP contribution < -0.4 is 5.73 Å². The molecule has 2 rings (SSSR count). The quantitative estimate of drug-likeness (QED) is 0.643. The molecule has 0 unspecified atom stereocenters. The summed E-state index contributed by atoms with van der Waals surface area (Å²) in [5.41, 5.74) is 6.14. The summed E-state index contributed by atoms with van der Waals surface area (Å²) in [6, 6.07) is 0. The maximum Gasteiger partial charge on any atom is 0.0716 e. The van der Waals surface area contributed by atoms with Gasteiger partial charge in [-0.1, -0.05) is 0 Å². The minimum absolute atomic E-state index is 0.306. The third kappa shape index (κ3) is 1.08. The Morgan fingerprint density at radius 1 is 1.67 bits per heavy atom. The third-order valence-corrected chi connectivity index (χ3v) is 3.49. The molecule has 2 atom stereocenters. The smallest absolute Gasteiger partial charge is 0.0716 e. The molecule has 0 aliphatic carbocycles. The monoisotopic (exact) mass is 170 g/mol. The second-order valence-electron chi connectivity index (χ2n) is 4.04. The van der Waals surface area contributed by atoms with Gasteiger partial charge in [0.25, 0.3) is 0 Å². The van der Waals surface area contributed by atoms with Crippen LogP contribution in [-0.2, 0) is 4.74 Å². The Hall–Kier alpha value is -0.120. The zero-order valence-electron chi connectivity index (χ0n) is 7.75. The molecule has 2 saturated heterocycles. The van der Waals surface area contributed by atoms with Gasteiger partial charge < -0.3 is 10.5 Å². The Kier molecular flexibility index (Phi) is 2.10. The molecule has 2 fully saturated rings. The summed E-state index contributed by atoms with van der Waals surface area (Å²) in [6.45, 7) is 3.11. The van der Waals surface area contributed by atoms with Gasteiger partial charge >= 0.3 is 0 Å². The fraction of sp³-hybridized carbons (Fsp3) is 1.00. The fourth-order valence-electron chi connectivity index (χ4n) is 2.72. The number of rotatable bonds is 2. The molecule has 0 aromatic heterocycles. The van der Waals surface area contributed by atoms with E-state index in [4.69, 9.17) is 10.5 Å². The third-order valence-electron chi connectivity index (χ3n) is 3.49. The van der Waals surface area contributed by atoms with E-state index in [9.17, 15) is 0 Å². The van der Waals surface area contributed by atoms with Gasteiger partial charge in [0.2, 0.25) is 0 Å². The SMILES string of the molecule is CO[C@@H]1CN2CCC[C@]2(CN)C1. The minimum Gasteiger partial charge on any atom is -0.380 e. The van der Waals surface area contributed by atoms with Gasteiger partial charge in [0.05, 0.1) is 6.10 Å². The van der Waals surface area contributed by atoms with Crippen LogP contribution in [0.4, 0.5) is 0 Å². The topological polar surface area (TPSA) is 38.5 Å². The number of methoxy groups -OCH3 is 1. The standard InChI is InChI=1S/C9H18N2O/c1-12-8-5-9(7-10)3-2-4-11(9)6-8/h8H,2-7,10H2,1H3/t8-,9+/m0/s1. The van der Waals surface area contributed by atoms with E-state index in [0.717, 1.165) is 19.5 Å². The zero-order valence-corrected chi connectivity index (χ0v) is 7.75. The highest BCUT2D eigenvalue weighted by atomic mass is 16.5. The summed E-state index contributed by atoms with van der Waals surface area (Å²) in [4.78, 5) is 2.52. The fourth-order valence-corrected chi connectivity index (χ4v) is 2.72. The van der Waals surface area contributed by atoms with Crippen molar-refractivity contribution in [2.24, 2.45) is 5.73 Å². The lowest BCUT2D eigenvalue weighted by atomic mass is 9.94. The lowest BCUT2D eigenvalue weighted by Gasteiger charge is -2.29. The van der Waals surface area contributed by atoms with Crippen molar-refractivity contribution in [2.75, 3.05) is 26.7 Å². The summed E-state index contributed by atoms with van der Waals surface area (Å²) in [5, 5.41) is 0. The normalized spacial score (nSPS) is 42.0. The number of ether oxygens (including phenoxy) is 1. The Labute approximate surface area is 73.9 Å². The average molecular weight is 170 g/mol. The van der Waals surface area contributed by atoms with Crippen LogP contribution in [0.25, 0.3) is 0 Å². The molecular weight excluding hydrogens is 152 g/mol.